The molecule has 3 heterocycles. The third-order valence-corrected chi connectivity index (χ3v) is 5.06. The predicted octanol–water partition coefficient (Wildman–Crippen LogP) is 2.53. The van der Waals surface area contributed by atoms with Gasteiger partial charge in [-0.2, -0.15) is 28.5 Å². The number of halogens is 4. The number of hydrogen-bond acceptors (Lipinski definition) is 5. The molecule has 0 radical (unpaired) electrons. The molecule has 3 aromatic heterocycles. The number of alkyl halides is 3. The molecular formula is C17H18ClF3N8O2. The summed E-state index contributed by atoms with van der Waals surface area (Å²) < 4.78 is 42.6. The Morgan fingerprint density at radius 2 is 1.65 bits per heavy atom. The first-order chi connectivity index (χ1) is 14.4. The fourth-order valence-electron chi connectivity index (χ4n) is 2.79. The van der Waals surface area contributed by atoms with Gasteiger partial charge < -0.3 is 10.6 Å². The smallest absolute Gasteiger partial charge is 0.321 e. The van der Waals surface area contributed by atoms with E-state index in [1.807, 2.05) is 0 Å². The largest absolute Gasteiger partial charge is 0.436 e. The van der Waals surface area contributed by atoms with Crippen LogP contribution in [0.1, 0.15) is 27.6 Å². The van der Waals surface area contributed by atoms with Gasteiger partial charge in [0.15, 0.2) is 5.69 Å². The fraction of sp³-hybridized carbons (Fsp3) is 0.353. The lowest BCUT2D eigenvalue weighted by Gasteiger charge is -2.09. The van der Waals surface area contributed by atoms with Crippen LogP contribution in [0.5, 0.6) is 0 Å². The summed E-state index contributed by atoms with van der Waals surface area (Å²) in [5.41, 5.74) is 0.0365. The second-order valence-corrected chi connectivity index (χ2v) is 7.08. The van der Waals surface area contributed by atoms with Crippen LogP contribution >= 0.6 is 11.6 Å². The van der Waals surface area contributed by atoms with Crippen molar-refractivity contribution in [3.8, 4) is 0 Å². The highest BCUT2D eigenvalue weighted by Gasteiger charge is 2.38. The van der Waals surface area contributed by atoms with Gasteiger partial charge in [0, 0.05) is 14.1 Å². The van der Waals surface area contributed by atoms with Crippen molar-refractivity contribution in [2.75, 3.05) is 10.6 Å². The lowest BCUT2D eigenvalue weighted by Crippen LogP contribution is -2.23. The Bertz CT molecular complexity index is 1160. The van der Waals surface area contributed by atoms with E-state index in [9.17, 15) is 22.8 Å². The maximum absolute atomic E-state index is 13.0. The van der Waals surface area contributed by atoms with Gasteiger partial charge in [-0.25, -0.2) is 0 Å². The maximum atomic E-state index is 13.0. The zero-order valence-corrected chi connectivity index (χ0v) is 17.6. The van der Waals surface area contributed by atoms with Gasteiger partial charge in [0.25, 0.3) is 5.91 Å². The van der Waals surface area contributed by atoms with Crippen LogP contribution in [-0.4, -0.2) is 41.2 Å². The Kier molecular flexibility index (Phi) is 5.81. The van der Waals surface area contributed by atoms with Crippen molar-refractivity contribution in [2.45, 2.75) is 26.6 Å². The van der Waals surface area contributed by atoms with Gasteiger partial charge in [-0.1, -0.05) is 11.6 Å². The summed E-state index contributed by atoms with van der Waals surface area (Å²) in [5.74, 6) is -1.26. The molecule has 2 N–H and O–H groups in total. The highest BCUT2D eigenvalue weighted by molar-refractivity contribution is 6.32. The lowest BCUT2D eigenvalue weighted by atomic mass is 10.3. The van der Waals surface area contributed by atoms with Crippen molar-refractivity contribution >= 4 is 34.8 Å². The van der Waals surface area contributed by atoms with Crippen LogP contribution in [0.15, 0.2) is 12.4 Å². The number of carbonyl (C=O) groups is 2. The first-order valence-corrected chi connectivity index (χ1v) is 9.19. The van der Waals surface area contributed by atoms with Crippen LogP contribution in [-0.2, 0) is 31.6 Å². The Labute approximate surface area is 179 Å². The van der Waals surface area contributed by atoms with E-state index in [-0.39, 0.29) is 17.1 Å². The molecule has 0 aliphatic heterocycles. The number of aryl methyl sites for hydroxylation is 2. The molecule has 166 valence electrons. The molecule has 10 nitrogen and oxygen atoms in total. The molecule has 0 fully saturated rings. The predicted molar refractivity (Wildman–Crippen MR) is 105 cm³/mol. The first-order valence-electron chi connectivity index (χ1n) is 8.82. The Balaban J connectivity index is 1.78. The number of rotatable bonds is 5. The maximum Gasteiger partial charge on any atom is 0.436 e. The zero-order valence-electron chi connectivity index (χ0n) is 16.9. The Hall–Kier alpha value is -3.35. The normalized spacial score (nSPS) is 11.6. The van der Waals surface area contributed by atoms with E-state index in [2.05, 4.69) is 25.9 Å². The van der Waals surface area contributed by atoms with Crippen LogP contribution in [0.4, 0.5) is 24.5 Å². The minimum absolute atomic E-state index is 0.0136. The second kappa shape index (κ2) is 8.06. The van der Waals surface area contributed by atoms with Crippen LogP contribution in [0.2, 0.25) is 5.02 Å². The van der Waals surface area contributed by atoms with E-state index in [0.29, 0.717) is 11.4 Å². The van der Waals surface area contributed by atoms with Crippen LogP contribution < -0.4 is 10.6 Å². The molecule has 3 aromatic rings. The Morgan fingerprint density at radius 3 is 2.19 bits per heavy atom. The molecule has 0 bridgehead atoms. The van der Waals surface area contributed by atoms with Crippen molar-refractivity contribution in [3.63, 3.8) is 0 Å². The van der Waals surface area contributed by atoms with E-state index in [1.165, 1.54) is 31.0 Å². The highest BCUT2D eigenvalue weighted by atomic mass is 35.5. The molecule has 0 aliphatic rings. The number of aromatic nitrogens is 6. The summed E-state index contributed by atoms with van der Waals surface area (Å²) in [4.78, 5) is 25.1. The van der Waals surface area contributed by atoms with E-state index < -0.39 is 35.3 Å². The summed E-state index contributed by atoms with van der Waals surface area (Å²) in [6.45, 7) is 2.54. The second-order valence-electron chi connectivity index (χ2n) is 6.70. The zero-order chi connectivity index (χ0) is 23.1. The fourth-order valence-corrected chi connectivity index (χ4v) is 3.03. The molecule has 14 heteroatoms. The molecule has 0 saturated carbocycles. The van der Waals surface area contributed by atoms with Gasteiger partial charge in [-0.3, -0.25) is 23.6 Å². The molecule has 0 unspecified atom stereocenters. The summed E-state index contributed by atoms with van der Waals surface area (Å²) in [6, 6.07) is 0. The molecule has 31 heavy (non-hydrogen) atoms. The monoisotopic (exact) mass is 458 g/mol. The molecule has 0 spiro atoms. The molecule has 3 rings (SSSR count). The number of amides is 2. The van der Waals surface area contributed by atoms with Gasteiger partial charge in [0.1, 0.15) is 12.2 Å². The molecule has 0 saturated heterocycles. The number of nitrogens with one attached hydrogen (secondary N) is 2. The Morgan fingerprint density at radius 1 is 1.03 bits per heavy atom. The molecular weight excluding hydrogens is 441 g/mol. The third-order valence-electron chi connectivity index (χ3n) is 4.61. The first kappa shape index (κ1) is 22.3. The summed E-state index contributed by atoms with van der Waals surface area (Å²) in [5, 5.41) is 16.0. The van der Waals surface area contributed by atoms with E-state index >= 15 is 0 Å². The molecule has 0 aromatic carbocycles. The molecule has 0 atom stereocenters. The summed E-state index contributed by atoms with van der Waals surface area (Å²) in [6.07, 6.45) is -2.01. The minimum atomic E-state index is -4.75. The standard InChI is InChI=1S/C17H18ClF3N8O2/c1-8-10(5-22-27(8)3)25-16(31)14-11(6-23-28(14)4)24-12(30)7-29-9(2)13(18)15(26-29)17(19,20)21/h5-6H,7H2,1-4H3,(H,24,30)(H,25,31). The van der Waals surface area contributed by atoms with Crippen molar-refractivity contribution in [1.29, 1.82) is 0 Å². The van der Waals surface area contributed by atoms with Gasteiger partial charge in [-0.05, 0) is 13.8 Å². The van der Waals surface area contributed by atoms with E-state index in [1.54, 1.807) is 18.7 Å². The third kappa shape index (κ3) is 4.40. The number of nitrogens with zero attached hydrogens (tertiary/aromatic N) is 6. The highest BCUT2D eigenvalue weighted by Crippen LogP contribution is 2.35. The average molecular weight is 459 g/mol. The molecule has 2 amide bonds. The van der Waals surface area contributed by atoms with Gasteiger partial charge >= 0.3 is 6.18 Å². The van der Waals surface area contributed by atoms with Crippen LogP contribution in [0.25, 0.3) is 0 Å². The quantitative estimate of drug-likeness (QED) is 0.610. The van der Waals surface area contributed by atoms with Gasteiger partial charge in [0.2, 0.25) is 5.91 Å². The van der Waals surface area contributed by atoms with Crippen LogP contribution in [0.3, 0.4) is 0 Å². The summed E-state index contributed by atoms with van der Waals surface area (Å²) in [7, 11) is 3.22. The molecule has 0 aliphatic carbocycles. The van der Waals surface area contributed by atoms with Crippen molar-refractivity contribution in [2.24, 2.45) is 14.1 Å². The summed E-state index contributed by atoms with van der Waals surface area (Å²) >= 11 is 5.70. The average Bonchev–Trinajstić information content (AvgIpc) is 3.28. The SMILES string of the molecule is Cc1c(NC(=O)c2c(NC(=O)Cn3nc(C(F)(F)F)c(Cl)c3C)cnn2C)cnn1C. The minimum Gasteiger partial charge on any atom is -0.321 e. The van der Waals surface area contributed by atoms with Crippen molar-refractivity contribution in [3.05, 3.63) is 40.2 Å². The lowest BCUT2D eigenvalue weighted by molar-refractivity contribution is -0.141. The number of carbonyl (C=O) groups excluding carboxylic acids is 2. The van der Waals surface area contributed by atoms with E-state index in [4.69, 9.17) is 11.6 Å². The van der Waals surface area contributed by atoms with Gasteiger partial charge in [0.05, 0.1) is 40.2 Å². The van der Waals surface area contributed by atoms with E-state index in [0.717, 1.165) is 4.68 Å². The van der Waals surface area contributed by atoms with Crippen LogP contribution in [0, 0.1) is 13.8 Å². The topological polar surface area (TPSA) is 112 Å². The number of anilines is 2. The van der Waals surface area contributed by atoms with Crippen molar-refractivity contribution < 1.29 is 22.8 Å². The van der Waals surface area contributed by atoms with Gasteiger partial charge in [-0.15, -0.1) is 0 Å². The van der Waals surface area contributed by atoms with Crippen molar-refractivity contribution in [1.82, 2.24) is 29.3 Å². The number of hydrogen-bond donors (Lipinski definition) is 2.